The molecule has 7 heteroatoms. The van der Waals surface area contributed by atoms with Crippen molar-refractivity contribution < 1.29 is 18.0 Å². The van der Waals surface area contributed by atoms with Crippen LogP contribution in [0.1, 0.15) is 34.6 Å². The molecule has 0 radical (unpaired) electrons. The molecule has 0 aliphatic carbocycles. The van der Waals surface area contributed by atoms with E-state index in [1.165, 1.54) is 24.4 Å². The van der Waals surface area contributed by atoms with Crippen LogP contribution in [0.5, 0.6) is 0 Å². The Morgan fingerprint density at radius 2 is 1.90 bits per heavy atom. The summed E-state index contributed by atoms with van der Waals surface area (Å²) in [5.41, 5.74) is 0.169. The molecule has 2 N–H and O–H groups in total. The molecular formula is C13H12F3N3O. The third kappa shape index (κ3) is 3.17. The topological polar surface area (TPSA) is 57.8 Å². The molecule has 106 valence electrons. The average molecular weight is 283 g/mol. The fourth-order valence-electron chi connectivity index (χ4n) is 1.70. The lowest BCUT2D eigenvalue weighted by Crippen LogP contribution is -2.27. The number of carbonyl (C=O) groups excluding carboxylic acids is 1. The van der Waals surface area contributed by atoms with Gasteiger partial charge in [0.2, 0.25) is 0 Å². The van der Waals surface area contributed by atoms with Crippen LogP contribution in [0.4, 0.5) is 13.2 Å². The Morgan fingerprint density at radius 1 is 1.25 bits per heavy atom. The quantitative estimate of drug-likeness (QED) is 0.910. The van der Waals surface area contributed by atoms with Gasteiger partial charge in [-0.2, -0.15) is 18.3 Å². The lowest BCUT2D eigenvalue weighted by Gasteiger charge is -2.14. The highest BCUT2D eigenvalue weighted by molar-refractivity contribution is 5.92. The molecular weight excluding hydrogens is 271 g/mol. The van der Waals surface area contributed by atoms with Crippen molar-refractivity contribution in [1.82, 2.24) is 15.5 Å². The SMILES string of the molecule is C[C@@H](NC(=O)c1ccn[nH]1)c1ccc(C(F)(F)F)cc1. The molecule has 20 heavy (non-hydrogen) atoms. The van der Waals surface area contributed by atoms with Crippen LogP contribution >= 0.6 is 0 Å². The van der Waals surface area contributed by atoms with E-state index in [1.54, 1.807) is 6.92 Å². The third-order valence-corrected chi connectivity index (χ3v) is 2.83. The Hall–Kier alpha value is -2.31. The number of rotatable bonds is 3. The number of alkyl halides is 3. The number of aromatic nitrogens is 2. The van der Waals surface area contributed by atoms with E-state index in [4.69, 9.17) is 0 Å². The Morgan fingerprint density at radius 3 is 2.40 bits per heavy atom. The molecule has 1 aromatic heterocycles. The van der Waals surface area contributed by atoms with Crippen molar-refractivity contribution in [3.8, 4) is 0 Å². The van der Waals surface area contributed by atoms with Crippen LogP contribution in [-0.4, -0.2) is 16.1 Å². The number of aromatic amines is 1. The molecule has 1 heterocycles. The summed E-state index contributed by atoms with van der Waals surface area (Å²) in [5, 5.41) is 8.83. The van der Waals surface area contributed by atoms with Gasteiger partial charge in [-0.15, -0.1) is 0 Å². The minimum Gasteiger partial charge on any atom is -0.344 e. The van der Waals surface area contributed by atoms with Crippen LogP contribution in [0.25, 0.3) is 0 Å². The summed E-state index contributed by atoms with van der Waals surface area (Å²) in [6.45, 7) is 1.69. The van der Waals surface area contributed by atoms with E-state index < -0.39 is 17.8 Å². The van der Waals surface area contributed by atoms with Gasteiger partial charge in [-0.3, -0.25) is 9.89 Å². The molecule has 0 aliphatic heterocycles. The molecule has 0 unspecified atom stereocenters. The van der Waals surface area contributed by atoms with Crippen molar-refractivity contribution >= 4 is 5.91 Å². The predicted octanol–water partition coefficient (Wildman–Crippen LogP) is 2.92. The predicted molar refractivity (Wildman–Crippen MR) is 65.9 cm³/mol. The van der Waals surface area contributed by atoms with Crippen LogP contribution in [0, 0.1) is 0 Å². The largest absolute Gasteiger partial charge is 0.416 e. The minimum absolute atomic E-state index is 0.295. The standard InChI is InChI=1S/C13H12F3N3O/c1-8(18-12(20)11-6-7-17-19-11)9-2-4-10(5-3-9)13(14,15)16/h2-8H,1H3,(H,17,19)(H,18,20)/t8-/m1/s1. The fourth-order valence-corrected chi connectivity index (χ4v) is 1.70. The van der Waals surface area contributed by atoms with Gasteiger partial charge in [0.05, 0.1) is 11.6 Å². The van der Waals surface area contributed by atoms with E-state index in [1.807, 2.05) is 0 Å². The maximum Gasteiger partial charge on any atom is 0.416 e. The highest BCUT2D eigenvalue weighted by Gasteiger charge is 2.30. The zero-order valence-corrected chi connectivity index (χ0v) is 10.5. The van der Waals surface area contributed by atoms with E-state index >= 15 is 0 Å². The van der Waals surface area contributed by atoms with Crippen LogP contribution in [-0.2, 0) is 6.18 Å². The molecule has 0 bridgehead atoms. The summed E-state index contributed by atoms with van der Waals surface area (Å²) in [6, 6.07) is 5.78. The van der Waals surface area contributed by atoms with Gasteiger partial charge < -0.3 is 5.32 Å². The number of H-pyrrole nitrogens is 1. The van der Waals surface area contributed by atoms with Crippen LogP contribution in [0.2, 0.25) is 0 Å². The van der Waals surface area contributed by atoms with Crippen LogP contribution in [0.3, 0.4) is 0 Å². The smallest absolute Gasteiger partial charge is 0.344 e. The lowest BCUT2D eigenvalue weighted by atomic mass is 10.1. The summed E-state index contributed by atoms with van der Waals surface area (Å²) >= 11 is 0. The molecule has 0 saturated heterocycles. The van der Waals surface area contributed by atoms with Crippen molar-refractivity contribution in [1.29, 1.82) is 0 Å². The highest BCUT2D eigenvalue weighted by atomic mass is 19.4. The lowest BCUT2D eigenvalue weighted by molar-refractivity contribution is -0.137. The third-order valence-electron chi connectivity index (χ3n) is 2.83. The summed E-state index contributed by atoms with van der Waals surface area (Å²) in [7, 11) is 0. The summed E-state index contributed by atoms with van der Waals surface area (Å²) < 4.78 is 37.3. The van der Waals surface area contributed by atoms with E-state index in [9.17, 15) is 18.0 Å². The first-order valence-electron chi connectivity index (χ1n) is 5.85. The van der Waals surface area contributed by atoms with E-state index in [0.29, 0.717) is 11.3 Å². The molecule has 1 aromatic carbocycles. The monoisotopic (exact) mass is 283 g/mol. The molecule has 2 aromatic rings. The van der Waals surface area contributed by atoms with Gasteiger partial charge in [-0.05, 0) is 30.7 Å². The second-order valence-corrected chi connectivity index (χ2v) is 4.29. The van der Waals surface area contributed by atoms with Gasteiger partial charge in [0.25, 0.3) is 5.91 Å². The Labute approximate surface area is 113 Å². The number of halogens is 3. The van der Waals surface area contributed by atoms with E-state index in [2.05, 4.69) is 15.5 Å². The number of benzene rings is 1. The Bertz CT molecular complexity index is 576. The van der Waals surface area contributed by atoms with Crippen molar-refractivity contribution in [3.63, 3.8) is 0 Å². The van der Waals surface area contributed by atoms with Gasteiger partial charge in [0.1, 0.15) is 5.69 Å². The van der Waals surface area contributed by atoms with Crippen LogP contribution < -0.4 is 5.32 Å². The van der Waals surface area contributed by atoms with E-state index in [0.717, 1.165) is 12.1 Å². The Kier molecular flexibility index (Phi) is 3.78. The average Bonchev–Trinajstić information content (AvgIpc) is 2.91. The second kappa shape index (κ2) is 5.36. The molecule has 0 saturated carbocycles. The number of hydrogen-bond donors (Lipinski definition) is 2. The van der Waals surface area contributed by atoms with Crippen molar-refractivity contribution in [2.24, 2.45) is 0 Å². The maximum absolute atomic E-state index is 12.4. The molecule has 4 nitrogen and oxygen atoms in total. The van der Waals surface area contributed by atoms with Gasteiger partial charge in [0, 0.05) is 6.20 Å². The zero-order valence-electron chi connectivity index (χ0n) is 10.5. The summed E-state index contributed by atoms with van der Waals surface area (Å²) in [4.78, 5) is 11.8. The molecule has 0 spiro atoms. The molecule has 1 amide bonds. The fraction of sp³-hybridized carbons (Fsp3) is 0.231. The van der Waals surface area contributed by atoms with Gasteiger partial charge in [-0.25, -0.2) is 0 Å². The van der Waals surface area contributed by atoms with Crippen molar-refractivity contribution in [2.45, 2.75) is 19.1 Å². The number of nitrogens with zero attached hydrogens (tertiary/aromatic N) is 1. The first-order chi connectivity index (χ1) is 9.38. The first kappa shape index (κ1) is 14.1. The maximum atomic E-state index is 12.4. The minimum atomic E-state index is -4.36. The normalized spacial score (nSPS) is 13.0. The van der Waals surface area contributed by atoms with Crippen LogP contribution in [0.15, 0.2) is 36.5 Å². The summed E-state index contributed by atoms with van der Waals surface area (Å²) in [6.07, 6.45) is -2.92. The first-order valence-corrected chi connectivity index (χ1v) is 5.85. The number of carbonyl (C=O) groups is 1. The molecule has 0 fully saturated rings. The van der Waals surface area contributed by atoms with Gasteiger partial charge >= 0.3 is 6.18 Å². The van der Waals surface area contributed by atoms with Crippen molar-refractivity contribution in [3.05, 3.63) is 53.3 Å². The molecule has 1 atom stereocenters. The second-order valence-electron chi connectivity index (χ2n) is 4.29. The van der Waals surface area contributed by atoms with Crippen molar-refractivity contribution in [2.75, 3.05) is 0 Å². The zero-order chi connectivity index (χ0) is 14.8. The highest BCUT2D eigenvalue weighted by Crippen LogP contribution is 2.29. The Balaban J connectivity index is 2.06. The van der Waals surface area contributed by atoms with E-state index in [-0.39, 0.29) is 5.91 Å². The number of amides is 1. The molecule has 0 aliphatic rings. The van der Waals surface area contributed by atoms with Gasteiger partial charge in [0.15, 0.2) is 0 Å². The number of nitrogens with one attached hydrogen (secondary N) is 2. The number of hydrogen-bond acceptors (Lipinski definition) is 2. The summed E-state index contributed by atoms with van der Waals surface area (Å²) in [5.74, 6) is -0.366. The van der Waals surface area contributed by atoms with Gasteiger partial charge in [-0.1, -0.05) is 12.1 Å². The molecule has 2 rings (SSSR count).